The van der Waals surface area contributed by atoms with Crippen LogP contribution in [-0.2, 0) is 0 Å². The molecule has 0 aromatic carbocycles. The maximum atomic E-state index is 9.19. The molecule has 0 radical (unpaired) electrons. The Labute approximate surface area is 107 Å². The average molecular weight is 242 g/mol. The highest BCUT2D eigenvalue weighted by Crippen LogP contribution is 2.18. The van der Waals surface area contributed by atoms with Crippen LogP contribution >= 0.6 is 0 Å². The van der Waals surface area contributed by atoms with Gasteiger partial charge in [0.1, 0.15) is 0 Å². The molecular weight excluding hydrogens is 212 g/mol. The van der Waals surface area contributed by atoms with Crippen LogP contribution < -0.4 is 0 Å². The standard InChI is InChI=1S/C14H30N2O/c1-13(17)6-4-5-9-16-10-7-14(8-11-16)12-15(2)3/h13-14,17H,4-12H2,1-3H3. The molecule has 1 atom stereocenters. The third-order valence-corrected chi connectivity index (χ3v) is 3.68. The Balaban J connectivity index is 2.03. The fourth-order valence-corrected chi connectivity index (χ4v) is 2.68. The van der Waals surface area contributed by atoms with Gasteiger partial charge in [0.05, 0.1) is 6.10 Å². The number of likely N-dealkylation sites (tertiary alicyclic amines) is 1. The second-order valence-electron chi connectivity index (χ2n) is 5.89. The van der Waals surface area contributed by atoms with Crippen LogP contribution in [-0.4, -0.2) is 61.3 Å². The van der Waals surface area contributed by atoms with E-state index in [0.717, 1.165) is 18.8 Å². The van der Waals surface area contributed by atoms with Crippen molar-refractivity contribution in [2.24, 2.45) is 5.92 Å². The van der Waals surface area contributed by atoms with Gasteiger partial charge in [-0.2, -0.15) is 0 Å². The van der Waals surface area contributed by atoms with Crippen LogP contribution in [0.2, 0.25) is 0 Å². The van der Waals surface area contributed by atoms with Gasteiger partial charge in [0, 0.05) is 6.54 Å². The number of hydrogen-bond acceptors (Lipinski definition) is 3. The molecule has 3 heteroatoms. The summed E-state index contributed by atoms with van der Waals surface area (Å²) in [5, 5.41) is 9.19. The van der Waals surface area contributed by atoms with E-state index in [1.807, 2.05) is 6.92 Å². The Bertz CT molecular complexity index is 184. The largest absolute Gasteiger partial charge is 0.393 e. The minimum absolute atomic E-state index is 0.124. The smallest absolute Gasteiger partial charge is 0.0512 e. The Morgan fingerprint density at radius 2 is 1.88 bits per heavy atom. The maximum absolute atomic E-state index is 9.19. The molecule has 1 aliphatic heterocycles. The van der Waals surface area contributed by atoms with Crippen molar-refractivity contribution < 1.29 is 5.11 Å². The molecule has 0 aromatic rings. The van der Waals surface area contributed by atoms with Crippen LogP contribution in [0.5, 0.6) is 0 Å². The molecule has 0 aromatic heterocycles. The highest BCUT2D eigenvalue weighted by Gasteiger charge is 2.18. The molecule has 0 amide bonds. The van der Waals surface area contributed by atoms with Crippen molar-refractivity contribution in [1.29, 1.82) is 0 Å². The number of piperidine rings is 1. The first-order valence-corrected chi connectivity index (χ1v) is 7.13. The van der Waals surface area contributed by atoms with Crippen LogP contribution in [0.25, 0.3) is 0 Å². The lowest BCUT2D eigenvalue weighted by Crippen LogP contribution is -2.37. The first kappa shape index (κ1) is 14.9. The van der Waals surface area contributed by atoms with Crippen molar-refractivity contribution in [3.63, 3.8) is 0 Å². The number of hydrogen-bond donors (Lipinski definition) is 1. The topological polar surface area (TPSA) is 26.7 Å². The van der Waals surface area contributed by atoms with Crippen molar-refractivity contribution in [2.45, 2.75) is 45.1 Å². The summed E-state index contributed by atoms with van der Waals surface area (Å²) in [5.74, 6) is 0.902. The number of rotatable bonds is 7. The van der Waals surface area contributed by atoms with Crippen LogP contribution in [0, 0.1) is 5.92 Å². The van der Waals surface area contributed by atoms with Crippen molar-refractivity contribution in [2.75, 3.05) is 40.3 Å². The molecule has 1 heterocycles. The zero-order valence-electron chi connectivity index (χ0n) is 11.9. The summed E-state index contributed by atoms with van der Waals surface area (Å²) in [6.45, 7) is 6.89. The Morgan fingerprint density at radius 1 is 1.24 bits per heavy atom. The zero-order chi connectivity index (χ0) is 12.7. The molecule has 0 bridgehead atoms. The van der Waals surface area contributed by atoms with Crippen molar-refractivity contribution in [3.8, 4) is 0 Å². The summed E-state index contributed by atoms with van der Waals surface area (Å²) in [5.41, 5.74) is 0. The maximum Gasteiger partial charge on any atom is 0.0512 e. The molecule has 102 valence electrons. The second kappa shape index (κ2) is 8.06. The molecule has 3 nitrogen and oxygen atoms in total. The predicted octanol–water partition coefficient (Wildman–Crippen LogP) is 1.81. The average Bonchev–Trinajstić information content (AvgIpc) is 2.25. The van der Waals surface area contributed by atoms with E-state index in [2.05, 4.69) is 23.9 Å². The van der Waals surface area contributed by atoms with E-state index in [4.69, 9.17) is 0 Å². The predicted molar refractivity (Wildman–Crippen MR) is 73.2 cm³/mol. The van der Waals surface area contributed by atoms with Gasteiger partial charge >= 0.3 is 0 Å². The third-order valence-electron chi connectivity index (χ3n) is 3.68. The molecular formula is C14H30N2O. The van der Waals surface area contributed by atoms with Crippen molar-refractivity contribution in [1.82, 2.24) is 9.80 Å². The molecule has 0 spiro atoms. The molecule has 1 aliphatic rings. The van der Waals surface area contributed by atoms with Gasteiger partial charge in [-0.3, -0.25) is 0 Å². The third kappa shape index (κ3) is 7.02. The summed E-state index contributed by atoms with van der Waals surface area (Å²) in [6, 6.07) is 0. The second-order valence-corrected chi connectivity index (χ2v) is 5.89. The fourth-order valence-electron chi connectivity index (χ4n) is 2.68. The summed E-state index contributed by atoms with van der Waals surface area (Å²) in [7, 11) is 4.34. The zero-order valence-corrected chi connectivity index (χ0v) is 11.9. The normalized spacial score (nSPS) is 21.0. The molecule has 1 fully saturated rings. The van der Waals surface area contributed by atoms with Gasteiger partial charge in [-0.15, -0.1) is 0 Å². The molecule has 17 heavy (non-hydrogen) atoms. The summed E-state index contributed by atoms with van der Waals surface area (Å²) < 4.78 is 0. The van der Waals surface area contributed by atoms with Gasteiger partial charge in [0.15, 0.2) is 0 Å². The highest BCUT2D eigenvalue weighted by molar-refractivity contribution is 4.73. The van der Waals surface area contributed by atoms with E-state index in [0.29, 0.717) is 0 Å². The van der Waals surface area contributed by atoms with Crippen LogP contribution in [0.3, 0.4) is 0 Å². The Kier molecular flexibility index (Phi) is 7.09. The quantitative estimate of drug-likeness (QED) is 0.690. The summed E-state index contributed by atoms with van der Waals surface area (Å²) >= 11 is 0. The molecule has 1 saturated heterocycles. The Morgan fingerprint density at radius 3 is 2.41 bits per heavy atom. The van der Waals surface area contributed by atoms with Crippen molar-refractivity contribution in [3.05, 3.63) is 0 Å². The summed E-state index contributed by atoms with van der Waals surface area (Å²) in [6.07, 6.45) is 5.94. The van der Waals surface area contributed by atoms with E-state index < -0.39 is 0 Å². The van der Waals surface area contributed by atoms with E-state index in [-0.39, 0.29) is 6.10 Å². The first-order valence-electron chi connectivity index (χ1n) is 7.13. The Hall–Kier alpha value is -0.120. The SMILES string of the molecule is CC(O)CCCCN1CCC(CN(C)C)CC1. The molecule has 0 saturated carbocycles. The van der Waals surface area contributed by atoms with Gasteiger partial charge in [-0.05, 0) is 78.7 Å². The van der Waals surface area contributed by atoms with Gasteiger partial charge in [-0.25, -0.2) is 0 Å². The fraction of sp³-hybridized carbons (Fsp3) is 1.00. The van der Waals surface area contributed by atoms with Gasteiger partial charge in [0.2, 0.25) is 0 Å². The lowest BCUT2D eigenvalue weighted by molar-refractivity contribution is 0.152. The van der Waals surface area contributed by atoms with E-state index >= 15 is 0 Å². The number of unbranched alkanes of at least 4 members (excludes halogenated alkanes) is 1. The van der Waals surface area contributed by atoms with Gasteiger partial charge < -0.3 is 14.9 Å². The molecule has 0 aliphatic carbocycles. The number of aliphatic hydroxyl groups is 1. The lowest BCUT2D eigenvalue weighted by atomic mass is 9.96. The number of nitrogens with zero attached hydrogens (tertiary/aromatic N) is 2. The monoisotopic (exact) mass is 242 g/mol. The van der Waals surface area contributed by atoms with Crippen LogP contribution in [0.15, 0.2) is 0 Å². The van der Waals surface area contributed by atoms with E-state index in [1.165, 1.54) is 45.4 Å². The van der Waals surface area contributed by atoms with Crippen molar-refractivity contribution >= 4 is 0 Å². The van der Waals surface area contributed by atoms with E-state index in [9.17, 15) is 5.11 Å². The minimum Gasteiger partial charge on any atom is -0.393 e. The van der Waals surface area contributed by atoms with Gasteiger partial charge in [0.25, 0.3) is 0 Å². The number of aliphatic hydroxyl groups excluding tert-OH is 1. The van der Waals surface area contributed by atoms with Crippen LogP contribution in [0.4, 0.5) is 0 Å². The minimum atomic E-state index is -0.124. The van der Waals surface area contributed by atoms with Crippen LogP contribution in [0.1, 0.15) is 39.0 Å². The molecule has 1 N–H and O–H groups in total. The highest BCUT2D eigenvalue weighted by atomic mass is 16.3. The summed E-state index contributed by atoms with van der Waals surface area (Å²) in [4.78, 5) is 4.90. The first-order chi connectivity index (χ1) is 8.08. The van der Waals surface area contributed by atoms with Gasteiger partial charge in [-0.1, -0.05) is 0 Å². The molecule has 1 rings (SSSR count). The lowest BCUT2D eigenvalue weighted by Gasteiger charge is -2.33. The van der Waals surface area contributed by atoms with E-state index in [1.54, 1.807) is 0 Å². The molecule has 1 unspecified atom stereocenters.